The maximum Gasteiger partial charge on any atom is 0.251 e. The summed E-state index contributed by atoms with van der Waals surface area (Å²) in [5.41, 5.74) is -0.211. The average molecular weight is 295 g/mol. The van der Waals surface area contributed by atoms with Gasteiger partial charge in [-0.15, -0.1) is 12.4 Å². The largest absolute Gasteiger partial charge is 0.348 e. The number of carbonyl (C=O) groups is 1. The van der Waals surface area contributed by atoms with Crippen molar-refractivity contribution in [2.45, 2.75) is 18.9 Å². The molecule has 2 rings (SSSR count). The van der Waals surface area contributed by atoms with Gasteiger partial charge >= 0.3 is 0 Å². The highest BCUT2D eigenvalue weighted by molar-refractivity contribution is 5.94. The number of rotatable bonds is 2. The van der Waals surface area contributed by atoms with Gasteiger partial charge in [0.15, 0.2) is 17.5 Å². The number of halogens is 4. The maximum absolute atomic E-state index is 13.0. The summed E-state index contributed by atoms with van der Waals surface area (Å²) < 4.78 is 38.7. The topological polar surface area (TPSA) is 41.1 Å². The van der Waals surface area contributed by atoms with Gasteiger partial charge in [-0.1, -0.05) is 0 Å². The Morgan fingerprint density at radius 3 is 2.42 bits per heavy atom. The van der Waals surface area contributed by atoms with Crippen molar-refractivity contribution in [1.29, 1.82) is 0 Å². The highest BCUT2D eigenvalue weighted by Crippen LogP contribution is 2.14. The molecular formula is C12H14ClF3N2O. The molecular weight excluding hydrogens is 281 g/mol. The summed E-state index contributed by atoms with van der Waals surface area (Å²) in [5.74, 6) is -4.88. The van der Waals surface area contributed by atoms with Crippen LogP contribution in [0.4, 0.5) is 13.2 Å². The van der Waals surface area contributed by atoms with E-state index in [4.69, 9.17) is 0 Å². The summed E-state index contributed by atoms with van der Waals surface area (Å²) in [7, 11) is 0. The van der Waals surface area contributed by atoms with Gasteiger partial charge in [0.2, 0.25) is 0 Å². The number of piperidine rings is 1. The Hall–Kier alpha value is -1.27. The quantitative estimate of drug-likeness (QED) is 0.819. The van der Waals surface area contributed by atoms with Crippen molar-refractivity contribution in [1.82, 2.24) is 10.6 Å². The van der Waals surface area contributed by atoms with E-state index < -0.39 is 23.4 Å². The van der Waals surface area contributed by atoms with Gasteiger partial charge in [0.05, 0.1) is 0 Å². The lowest BCUT2D eigenvalue weighted by molar-refractivity contribution is 0.0929. The van der Waals surface area contributed by atoms with Crippen LogP contribution in [-0.4, -0.2) is 25.0 Å². The van der Waals surface area contributed by atoms with E-state index in [2.05, 4.69) is 10.6 Å². The first-order chi connectivity index (χ1) is 8.58. The zero-order valence-corrected chi connectivity index (χ0v) is 10.8. The molecule has 1 amide bonds. The predicted octanol–water partition coefficient (Wildman–Crippen LogP) is 2.01. The molecule has 19 heavy (non-hydrogen) atoms. The molecule has 2 N–H and O–H groups in total. The van der Waals surface area contributed by atoms with Gasteiger partial charge in [-0.2, -0.15) is 0 Å². The van der Waals surface area contributed by atoms with Gasteiger partial charge in [0.25, 0.3) is 5.91 Å². The minimum absolute atomic E-state index is 0. The van der Waals surface area contributed by atoms with Gasteiger partial charge in [-0.3, -0.25) is 4.79 Å². The van der Waals surface area contributed by atoms with Crippen LogP contribution in [0.3, 0.4) is 0 Å². The van der Waals surface area contributed by atoms with Gasteiger partial charge in [0.1, 0.15) is 0 Å². The molecule has 1 heterocycles. The zero-order chi connectivity index (χ0) is 13.1. The Morgan fingerprint density at radius 1 is 1.26 bits per heavy atom. The van der Waals surface area contributed by atoms with E-state index >= 15 is 0 Å². The Morgan fingerprint density at radius 2 is 1.89 bits per heavy atom. The molecule has 0 radical (unpaired) electrons. The van der Waals surface area contributed by atoms with Crippen LogP contribution >= 0.6 is 12.4 Å². The molecule has 0 bridgehead atoms. The van der Waals surface area contributed by atoms with Crippen molar-refractivity contribution in [2.75, 3.05) is 13.1 Å². The number of hydrogen-bond acceptors (Lipinski definition) is 2. The zero-order valence-electron chi connectivity index (χ0n) is 10.0. The third-order valence-corrected chi connectivity index (χ3v) is 2.88. The number of hydrogen-bond donors (Lipinski definition) is 2. The minimum Gasteiger partial charge on any atom is -0.348 e. The molecule has 0 aliphatic carbocycles. The second-order valence-corrected chi connectivity index (χ2v) is 4.27. The van der Waals surface area contributed by atoms with Gasteiger partial charge in [0, 0.05) is 18.2 Å². The summed E-state index contributed by atoms with van der Waals surface area (Å²) in [4.78, 5) is 11.7. The highest BCUT2D eigenvalue weighted by atomic mass is 35.5. The Kier molecular flexibility index (Phi) is 5.62. The minimum atomic E-state index is -1.56. The van der Waals surface area contributed by atoms with Gasteiger partial charge < -0.3 is 10.6 Å². The molecule has 7 heteroatoms. The van der Waals surface area contributed by atoms with Crippen molar-refractivity contribution in [2.24, 2.45) is 0 Å². The molecule has 1 aliphatic heterocycles. The van der Waals surface area contributed by atoms with Crippen LogP contribution in [-0.2, 0) is 0 Å². The molecule has 0 spiro atoms. The summed E-state index contributed by atoms with van der Waals surface area (Å²) in [6, 6.07) is 1.33. The van der Waals surface area contributed by atoms with E-state index in [1.54, 1.807) is 0 Å². The van der Waals surface area contributed by atoms with Crippen molar-refractivity contribution >= 4 is 18.3 Å². The molecule has 1 aromatic rings. The lowest BCUT2D eigenvalue weighted by atomic mass is 10.1. The van der Waals surface area contributed by atoms with E-state index in [9.17, 15) is 18.0 Å². The lowest BCUT2D eigenvalue weighted by Crippen LogP contribution is -2.45. The third-order valence-electron chi connectivity index (χ3n) is 2.88. The Labute approximate surface area is 115 Å². The van der Waals surface area contributed by atoms with E-state index in [0.29, 0.717) is 18.7 Å². The maximum atomic E-state index is 13.0. The summed E-state index contributed by atoms with van der Waals surface area (Å²) in [5, 5.41) is 5.75. The van der Waals surface area contributed by atoms with Crippen LogP contribution in [0.25, 0.3) is 0 Å². The fraction of sp³-hybridized carbons (Fsp3) is 0.417. The molecule has 106 valence electrons. The first kappa shape index (κ1) is 15.8. The van der Waals surface area contributed by atoms with Crippen LogP contribution < -0.4 is 10.6 Å². The fourth-order valence-electron chi connectivity index (χ4n) is 1.93. The van der Waals surface area contributed by atoms with E-state index in [0.717, 1.165) is 19.4 Å². The highest BCUT2D eigenvalue weighted by Gasteiger charge is 2.19. The number of nitrogens with one attached hydrogen (secondary N) is 2. The summed E-state index contributed by atoms with van der Waals surface area (Å²) in [6.45, 7) is 1.52. The molecule has 3 nitrogen and oxygen atoms in total. The Bertz CT molecular complexity index is 441. The van der Waals surface area contributed by atoms with Crippen LogP contribution in [0.2, 0.25) is 0 Å². The standard InChI is InChI=1S/C12H13F3N2O.ClH/c13-9-4-7(5-10(14)11(9)15)12(18)17-8-2-1-3-16-6-8;/h4-5,8,16H,1-3,6H2,(H,17,18);1H/t8-;/m0./s1. The van der Waals surface area contributed by atoms with Crippen LogP contribution in [0.5, 0.6) is 0 Å². The molecule has 1 aromatic carbocycles. The number of carbonyl (C=O) groups excluding carboxylic acids is 1. The monoisotopic (exact) mass is 294 g/mol. The molecule has 0 unspecified atom stereocenters. The van der Waals surface area contributed by atoms with E-state index in [1.165, 1.54) is 0 Å². The fourth-order valence-corrected chi connectivity index (χ4v) is 1.93. The van der Waals surface area contributed by atoms with Crippen molar-refractivity contribution in [3.8, 4) is 0 Å². The van der Waals surface area contributed by atoms with Crippen LogP contribution in [0.15, 0.2) is 12.1 Å². The molecule has 1 saturated heterocycles. The predicted molar refractivity (Wildman–Crippen MR) is 66.9 cm³/mol. The SMILES string of the molecule is Cl.O=C(N[C@H]1CCCNC1)c1cc(F)c(F)c(F)c1. The summed E-state index contributed by atoms with van der Waals surface area (Å²) in [6.07, 6.45) is 1.74. The van der Waals surface area contributed by atoms with Crippen LogP contribution in [0.1, 0.15) is 23.2 Å². The molecule has 1 atom stereocenters. The van der Waals surface area contributed by atoms with Crippen LogP contribution in [0, 0.1) is 17.5 Å². The second kappa shape index (κ2) is 6.77. The molecule has 1 fully saturated rings. The molecule has 0 aromatic heterocycles. The van der Waals surface area contributed by atoms with Crippen molar-refractivity contribution in [3.63, 3.8) is 0 Å². The van der Waals surface area contributed by atoms with Crippen molar-refractivity contribution in [3.05, 3.63) is 35.1 Å². The van der Waals surface area contributed by atoms with E-state index in [1.807, 2.05) is 0 Å². The second-order valence-electron chi connectivity index (χ2n) is 4.27. The number of benzene rings is 1. The summed E-state index contributed by atoms with van der Waals surface area (Å²) >= 11 is 0. The molecule has 1 aliphatic rings. The lowest BCUT2D eigenvalue weighted by Gasteiger charge is -2.23. The van der Waals surface area contributed by atoms with E-state index in [-0.39, 0.29) is 24.0 Å². The number of amides is 1. The normalized spacial score (nSPS) is 18.6. The molecule has 0 saturated carbocycles. The smallest absolute Gasteiger partial charge is 0.251 e. The van der Waals surface area contributed by atoms with Gasteiger partial charge in [-0.05, 0) is 31.5 Å². The van der Waals surface area contributed by atoms with Gasteiger partial charge in [-0.25, -0.2) is 13.2 Å². The first-order valence-corrected chi connectivity index (χ1v) is 5.74. The average Bonchev–Trinajstić information content (AvgIpc) is 2.36. The Balaban J connectivity index is 0.00000180. The first-order valence-electron chi connectivity index (χ1n) is 5.74. The van der Waals surface area contributed by atoms with Crippen molar-refractivity contribution < 1.29 is 18.0 Å². The third kappa shape index (κ3) is 3.84.